The first-order chi connectivity index (χ1) is 31.6. The number of halogens is 3. The molecule has 2 atom stereocenters. The molecule has 4 heterocycles. The van der Waals surface area contributed by atoms with Gasteiger partial charge >= 0.3 is 6.36 Å². The number of phenols is 1. The number of rotatable bonds is 11. The summed E-state index contributed by atoms with van der Waals surface area (Å²) in [6, 6.07) is 41.2. The van der Waals surface area contributed by atoms with Crippen LogP contribution in [0.15, 0.2) is 133 Å². The average Bonchev–Trinajstić information content (AvgIpc) is 3.76. The molecule has 9 nitrogen and oxygen atoms in total. The summed E-state index contributed by atoms with van der Waals surface area (Å²) < 4.78 is 44.9. The lowest BCUT2D eigenvalue weighted by Crippen LogP contribution is -2.42. The van der Waals surface area contributed by atoms with E-state index in [1.165, 1.54) is 59.0 Å². The number of aromatic hydroxyl groups is 1. The number of hydrogen-bond acceptors (Lipinski definition) is 8. The lowest BCUT2D eigenvalue weighted by atomic mass is 9.69. The first-order valence-corrected chi connectivity index (χ1v) is 23.5. The standard InChI is InChI=1S/C52H51F3N6O3S/c53-52(54,55)64-48-13-7-5-11-45(48)50(63)56-32-38-31-47-44-10-4-6-12-46(44)57-51(61(47)58-38)65-41-24-26-59(27-25-41)33-34-22-28-60(29-23-34)39-17-14-36(15-18-39)49-42(35-8-2-1-3-9-35)20-16-37-30-40(62)19-21-43(37)49/h1-15,17-19,21,30-31,34,41-42,49,62H,16,20,22-29,32-33H2,(H,56,63)/t42-,49+/m1/s1. The highest BCUT2D eigenvalue weighted by molar-refractivity contribution is 7.99. The van der Waals surface area contributed by atoms with Crippen LogP contribution in [0.1, 0.15) is 82.2 Å². The molecule has 5 aromatic carbocycles. The van der Waals surface area contributed by atoms with Crippen LogP contribution in [-0.2, 0) is 13.0 Å². The van der Waals surface area contributed by atoms with Crippen LogP contribution in [0.4, 0.5) is 18.9 Å². The quantitative estimate of drug-likeness (QED) is 0.124. The van der Waals surface area contributed by atoms with Gasteiger partial charge in [0.05, 0.1) is 28.8 Å². The molecule has 2 saturated heterocycles. The van der Waals surface area contributed by atoms with Crippen molar-refractivity contribution in [2.45, 2.75) is 73.7 Å². The Labute approximate surface area is 380 Å². The van der Waals surface area contributed by atoms with E-state index in [0.29, 0.717) is 28.5 Å². The molecule has 7 aromatic rings. The van der Waals surface area contributed by atoms with Gasteiger partial charge < -0.3 is 25.0 Å². The number of likely N-dealkylation sites (tertiary alicyclic amines) is 1. The number of aromatic nitrogens is 3. The van der Waals surface area contributed by atoms with E-state index in [9.17, 15) is 23.1 Å². The Morgan fingerprint density at radius 2 is 1.54 bits per heavy atom. The van der Waals surface area contributed by atoms with Gasteiger partial charge in [0.15, 0.2) is 5.16 Å². The van der Waals surface area contributed by atoms with Crippen LogP contribution in [0, 0.1) is 5.92 Å². The number of nitrogens with one attached hydrogen (secondary N) is 1. The molecule has 0 spiro atoms. The third-order valence-electron chi connectivity index (χ3n) is 13.5. The number of fused-ring (bicyclic) bond motifs is 4. The van der Waals surface area contributed by atoms with Gasteiger partial charge in [0.25, 0.3) is 5.91 Å². The van der Waals surface area contributed by atoms with Crippen molar-refractivity contribution < 1.29 is 27.8 Å². The van der Waals surface area contributed by atoms with E-state index < -0.39 is 18.0 Å². The molecule has 0 saturated carbocycles. The summed E-state index contributed by atoms with van der Waals surface area (Å²) in [7, 11) is 0. The van der Waals surface area contributed by atoms with Gasteiger partial charge in [-0.2, -0.15) is 5.10 Å². The molecule has 334 valence electrons. The van der Waals surface area contributed by atoms with Crippen LogP contribution in [0.25, 0.3) is 16.4 Å². The number of carbonyl (C=O) groups excluding carboxylic acids is 1. The minimum atomic E-state index is -4.92. The number of piperidine rings is 2. The third kappa shape index (κ3) is 9.53. The number of ether oxygens (including phenoxy) is 1. The predicted octanol–water partition coefficient (Wildman–Crippen LogP) is 10.8. The molecule has 3 aliphatic rings. The Morgan fingerprint density at radius 3 is 2.32 bits per heavy atom. The van der Waals surface area contributed by atoms with E-state index in [4.69, 9.17) is 10.1 Å². The Kier molecular flexibility index (Phi) is 12.2. The number of thioether (sulfide) groups is 1. The van der Waals surface area contributed by atoms with Crippen molar-refractivity contribution in [3.63, 3.8) is 0 Å². The summed E-state index contributed by atoms with van der Waals surface area (Å²) >= 11 is 1.74. The summed E-state index contributed by atoms with van der Waals surface area (Å²) in [5, 5.41) is 19.9. The van der Waals surface area contributed by atoms with Crippen LogP contribution < -0.4 is 15.0 Å². The second-order valence-electron chi connectivity index (χ2n) is 17.6. The van der Waals surface area contributed by atoms with Crippen LogP contribution in [0.2, 0.25) is 0 Å². The summed E-state index contributed by atoms with van der Waals surface area (Å²) in [5.41, 5.74) is 8.62. The Hall–Kier alpha value is -6.05. The summed E-state index contributed by atoms with van der Waals surface area (Å²) in [6.07, 6.45) is 1.50. The number of para-hydroxylation sites is 2. The molecule has 65 heavy (non-hydrogen) atoms. The first-order valence-electron chi connectivity index (χ1n) is 22.6. The molecule has 2 N–H and O–H groups in total. The zero-order chi connectivity index (χ0) is 44.5. The van der Waals surface area contributed by atoms with Crippen molar-refractivity contribution in [2.24, 2.45) is 5.92 Å². The van der Waals surface area contributed by atoms with Crippen molar-refractivity contribution in [1.82, 2.24) is 24.8 Å². The molecule has 0 bridgehead atoms. The number of amides is 1. The summed E-state index contributed by atoms with van der Waals surface area (Å²) in [6.45, 7) is 5.28. The van der Waals surface area contributed by atoms with Gasteiger partial charge in [-0.3, -0.25) is 4.79 Å². The Morgan fingerprint density at radius 1 is 0.800 bits per heavy atom. The van der Waals surface area contributed by atoms with E-state index in [1.807, 2.05) is 47.0 Å². The molecular weight excluding hydrogens is 846 g/mol. The van der Waals surface area contributed by atoms with Crippen molar-refractivity contribution >= 4 is 39.8 Å². The van der Waals surface area contributed by atoms with Crippen molar-refractivity contribution in [2.75, 3.05) is 37.6 Å². The SMILES string of the molecule is O=C(NCc1cc2c3ccccc3nc(SC3CCN(CC4CCN(c5ccc([C@@H]6c7ccc(O)cc7CC[C@@H]6c6ccccc6)cc5)CC4)CC3)n2n1)c1ccccc1OC(F)(F)F. The molecule has 2 fully saturated rings. The smallest absolute Gasteiger partial charge is 0.508 e. The summed E-state index contributed by atoms with van der Waals surface area (Å²) in [4.78, 5) is 23.2. The van der Waals surface area contributed by atoms with Gasteiger partial charge in [-0.1, -0.05) is 90.6 Å². The highest BCUT2D eigenvalue weighted by Crippen LogP contribution is 2.47. The first kappa shape index (κ1) is 42.9. The van der Waals surface area contributed by atoms with Crippen LogP contribution in [0.5, 0.6) is 11.5 Å². The zero-order valence-corrected chi connectivity index (χ0v) is 36.8. The fourth-order valence-corrected chi connectivity index (χ4v) is 11.4. The van der Waals surface area contributed by atoms with Crippen LogP contribution >= 0.6 is 11.8 Å². The third-order valence-corrected chi connectivity index (χ3v) is 14.8. The van der Waals surface area contributed by atoms with E-state index >= 15 is 0 Å². The van der Waals surface area contributed by atoms with Gasteiger partial charge in [-0.15, -0.1) is 13.2 Å². The number of benzene rings is 5. The molecule has 10 rings (SSSR count). The van der Waals surface area contributed by atoms with Gasteiger partial charge in [0.2, 0.25) is 0 Å². The molecule has 0 radical (unpaired) electrons. The Bertz CT molecular complexity index is 2790. The number of hydrogen-bond donors (Lipinski definition) is 2. The van der Waals surface area contributed by atoms with Crippen LogP contribution in [0.3, 0.4) is 0 Å². The maximum absolute atomic E-state index is 13.0. The minimum absolute atomic E-state index is 0.0155. The van der Waals surface area contributed by atoms with Gasteiger partial charge in [0, 0.05) is 41.9 Å². The van der Waals surface area contributed by atoms with E-state index in [1.54, 1.807) is 11.8 Å². The Balaban J connectivity index is 0.741. The van der Waals surface area contributed by atoms with E-state index in [-0.39, 0.29) is 18.0 Å². The van der Waals surface area contributed by atoms with E-state index in [0.717, 1.165) is 86.0 Å². The van der Waals surface area contributed by atoms with Gasteiger partial charge in [0.1, 0.15) is 11.5 Å². The lowest BCUT2D eigenvalue weighted by Gasteiger charge is -2.38. The largest absolute Gasteiger partial charge is 0.573 e. The van der Waals surface area contributed by atoms with Crippen molar-refractivity contribution in [3.05, 3.63) is 161 Å². The maximum Gasteiger partial charge on any atom is 0.573 e. The predicted molar refractivity (Wildman–Crippen MR) is 249 cm³/mol. The van der Waals surface area contributed by atoms with Crippen molar-refractivity contribution in [3.8, 4) is 11.5 Å². The molecule has 1 aliphatic carbocycles. The highest BCUT2D eigenvalue weighted by atomic mass is 32.2. The molecular formula is C52H51F3N6O3S. The van der Waals surface area contributed by atoms with Crippen molar-refractivity contribution in [1.29, 1.82) is 0 Å². The molecule has 0 unspecified atom stereocenters. The molecule has 2 aliphatic heterocycles. The summed E-state index contributed by atoms with van der Waals surface area (Å²) in [5.74, 6) is 0.378. The topological polar surface area (TPSA) is 95.2 Å². The average molecular weight is 897 g/mol. The van der Waals surface area contributed by atoms with Gasteiger partial charge in [-0.25, -0.2) is 9.50 Å². The van der Waals surface area contributed by atoms with Crippen LogP contribution in [-0.4, -0.2) is 74.8 Å². The second kappa shape index (κ2) is 18.4. The lowest BCUT2D eigenvalue weighted by molar-refractivity contribution is -0.274. The molecule has 13 heteroatoms. The minimum Gasteiger partial charge on any atom is -0.508 e. The number of phenolic OH excluding ortho intramolecular Hbond substituents is 1. The normalized spacial score (nSPS) is 18.8. The number of carbonyl (C=O) groups is 1. The zero-order valence-electron chi connectivity index (χ0n) is 36.0. The number of alkyl halides is 3. The number of aryl methyl sites for hydroxylation is 1. The second-order valence-corrected chi connectivity index (χ2v) is 18.9. The fraction of sp³-hybridized carbons (Fsp3) is 0.327. The molecule has 2 aromatic heterocycles. The highest BCUT2D eigenvalue weighted by Gasteiger charge is 2.34. The number of nitrogens with zero attached hydrogens (tertiary/aromatic N) is 5. The molecule has 1 amide bonds. The maximum atomic E-state index is 13.0. The van der Waals surface area contributed by atoms with Gasteiger partial charge in [-0.05, 0) is 134 Å². The number of anilines is 1. The fourth-order valence-electron chi connectivity index (χ4n) is 10.3. The monoisotopic (exact) mass is 896 g/mol. The van der Waals surface area contributed by atoms with E-state index in [2.05, 4.69) is 80.5 Å².